The molecule has 0 aromatic carbocycles. The molecule has 0 spiro atoms. The Kier molecular flexibility index (Phi) is 1.88. The zero-order valence-electron chi connectivity index (χ0n) is 4.43. The fourth-order valence-electron chi connectivity index (χ4n) is 0.388. The van der Waals surface area contributed by atoms with Crippen LogP contribution in [0.25, 0.3) is 0 Å². The predicted octanol–water partition coefficient (Wildman–Crippen LogP) is 1.97. The average molecular weight is 162 g/mol. The van der Waals surface area contributed by atoms with Crippen molar-refractivity contribution < 1.29 is 0 Å². The van der Waals surface area contributed by atoms with Crippen LogP contribution in [0.3, 0.4) is 0 Å². The van der Waals surface area contributed by atoms with Gasteiger partial charge in [-0.2, -0.15) is 0 Å². The van der Waals surface area contributed by atoms with Gasteiger partial charge >= 0.3 is 0 Å². The van der Waals surface area contributed by atoms with Crippen molar-refractivity contribution in [2.24, 2.45) is 0 Å². The molecule has 0 aliphatic carbocycles. The molecule has 0 unspecified atom stereocenters. The van der Waals surface area contributed by atoms with Gasteiger partial charge in [0.15, 0.2) is 10.3 Å². The highest BCUT2D eigenvalue weighted by atomic mass is 35.5. The molecule has 2 nitrogen and oxygen atoms in total. The summed E-state index contributed by atoms with van der Waals surface area (Å²) in [7, 11) is 0. The molecule has 1 aromatic rings. The lowest BCUT2D eigenvalue weighted by Gasteiger charge is -1.92. The van der Waals surface area contributed by atoms with Crippen LogP contribution >= 0.6 is 23.2 Å². The summed E-state index contributed by atoms with van der Waals surface area (Å²) in [6, 6.07) is 1.55. The van der Waals surface area contributed by atoms with Gasteiger partial charge in [-0.25, -0.2) is 0 Å². The zero-order valence-corrected chi connectivity index (χ0v) is 5.95. The van der Waals surface area contributed by atoms with E-state index in [4.69, 9.17) is 23.2 Å². The van der Waals surface area contributed by atoms with Crippen LogP contribution in [0, 0.1) is 6.92 Å². The quantitative estimate of drug-likeness (QED) is 0.582. The third-order valence-corrected chi connectivity index (χ3v) is 1.29. The molecule has 0 atom stereocenters. The summed E-state index contributed by atoms with van der Waals surface area (Å²) in [4.78, 5) is 0. The normalized spacial score (nSPS) is 9.67. The third kappa shape index (κ3) is 1.53. The molecule has 1 aromatic heterocycles. The van der Waals surface area contributed by atoms with Crippen molar-refractivity contribution in [2.75, 3.05) is 0 Å². The Balaban J connectivity index is 3.17. The molecule has 0 aliphatic heterocycles. The molecule has 0 N–H and O–H groups in total. The Morgan fingerprint density at radius 1 is 1.33 bits per heavy atom. The minimum atomic E-state index is 0.291. The Labute approximate surface area is 62.8 Å². The second-order valence-electron chi connectivity index (χ2n) is 1.48. The maximum Gasteiger partial charge on any atom is 0.155 e. The lowest BCUT2D eigenvalue weighted by molar-refractivity contribution is 1.02. The monoisotopic (exact) mass is 161 g/mol. The Morgan fingerprint density at radius 2 is 2.00 bits per heavy atom. The Morgan fingerprint density at radius 3 is 2.44 bits per heavy atom. The van der Waals surface area contributed by atoms with Gasteiger partial charge < -0.3 is 0 Å². The van der Waals surface area contributed by atoms with Crippen LogP contribution in [0.2, 0.25) is 10.3 Å². The van der Waals surface area contributed by atoms with Crippen LogP contribution in [0.1, 0.15) is 5.56 Å². The third-order valence-electron chi connectivity index (χ3n) is 0.792. The summed E-state index contributed by atoms with van der Waals surface area (Å²) in [6.45, 7) is 3.56. The van der Waals surface area contributed by atoms with Gasteiger partial charge in [-0.15, -0.1) is 10.2 Å². The SMILES string of the molecule is [CH2]c1cc(Cl)nnc1Cl. The standard InChI is InChI=1S/C5H3Cl2N2/c1-3-2-4(6)8-9-5(3)7/h2H,1H2. The van der Waals surface area contributed by atoms with Crippen molar-refractivity contribution in [1.82, 2.24) is 10.2 Å². The Bertz CT molecular complexity index is 224. The van der Waals surface area contributed by atoms with Crippen molar-refractivity contribution in [3.8, 4) is 0 Å². The summed E-state index contributed by atoms with van der Waals surface area (Å²) in [5.74, 6) is 0. The largest absolute Gasteiger partial charge is 0.155 e. The molecule has 0 saturated carbocycles. The molecule has 0 aliphatic rings. The van der Waals surface area contributed by atoms with Crippen LogP contribution in [0.5, 0.6) is 0 Å². The first-order valence-corrected chi connectivity index (χ1v) is 2.96. The van der Waals surface area contributed by atoms with Crippen molar-refractivity contribution in [2.45, 2.75) is 0 Å². The van der Waals surface area contributed by atoms with Crippen LogP contribution in [0.4, 0.5) is 0 Å². The zero-order chi connectivity index (χ0) is 6.85. The van der Waals surface area contributed by atoms with E-state index in [2.05, 4.69) is 17.1 Å². The van der Waals surface area contributed by atoms with E-state index in [1.807, 2.05) is 0 Å². The van der Waals surface area contributed by atoms with Gasteiger partial charge in [-0.1, -0.05) is 23.2 Å². The van der Waals surface area contributed by atoms with Crippen LogP contribution in [-0.2, 0) is 0 Å². The first-order valence-electron chi connectivity index (χ1n) is 2.21. The van der Waals surface area contributed by atoms with Crippen LogP contribution in [0.15, 0.2) is 6.07 Å². The van der Waals surface area contributed by atoms with Crippen molar-refractivity contribution in [3.63, 3.8) is 0 Å². The van der Waals surface area contributed by atoms with Gasteiger partial charge in [-0.3, -0.25) is 0 Å². The molecular weight excluding hydrogens is 159 g/mol. The summed E-state index contributed by atoms with van der Waals surface area (Å²) < 4.78 is 0. The minimum Gasteiger partial charge on any atom is -0.137 e. The van der Waals surface area contributed by atoms with Gasteiger partial charge in [0.05, 0.1) is 0 Å². The van der Waals surface area contributed by atoms with Gasteiger partial charge in [-0.05, 0) is 18.6 Å². The molecule has 0 fully saturated rings. The van der Waals surface area contributed by atoms with Crippen LogP contribution in [-0.4, -0.2) is 10.2 Å². The fourth-order valence-corrected chi connectivity index (χ4v) is 0.650. The van der Waals surface area contributed by atoms with E-state index in [0.29, 0.717) is 15.9 Å². The predicted molar refractivity (Wildman–Crippen MR) is 36.5 cm³/mol. The second-order valence-corrected chi connectivity index (χ2v) is 2.23. The lowest BCUT2D eigenvalue weighted by atomic mass is 10.4. The minimum absolute atomic E-state index is 0.291. The smallest absolute Gasteiger partial charge is 0.137 e. The highest BCUT2D eigenvalue weighted by Gasteiger charge is 1.96. The van der Waals surface area contributed by atoms with E-state index in [1.165, 1.54) is 0 Å². The summed E-state index contributed by atoms with van der Waals surface area (Å²) in [6.07, 6.45) is 0. The van der Waals surface area contributed by atoms with E-state index < -0.39 is 0 Å². The lowest BCUT2D eigenvalue weighted by Crippen LogP contribution is -1.85. The summed E-state index contributed by atoms with van der Waals surface area (Å²) in [5, 5.41) is 7.58. The molecule has 0 amide bonds. The number of aromatic nitrogens is 2. The molecule has 9 heavy (non-hydrogen) atoms. The second kappa shape index (κ2) is 2.50. The molecule has 0 bridgehead atoms. The number of nitrogens with zero attached hydrogens (tertiary/aromatic N) is 2. The summed E-state index contributed by atoms with van der Waals surface area (Å²) >= 11 is 10.9. The number of hydrogen-bond acceptors (Lipinski definition) is 2. The van der Waals surface area contributed by atoms with E-state index in [0.717, 1.165) is 0 Å². The topological polar surface area (TPSA) is 25.8 Å². The van der Waals surface area contributed by atoms with E-state index >= 15 is 0 Å². The van der Waals surface area contributed by atoms with Gasteiger partial charge in [0.2, 0.25) is 0 Å². The average Bonchev–Trinajstić information content (AvgIpc) is 1.80. The molecule has 47 valence electrons. The maximum absolute atomic E-state index is 5.49. The van der Waals surface area contributed by atoms with E-state index in [1.54, 1.807) is 6.07 Å². The molecular formula is C5H3Cl2N2. The highest BCUT2D eigenvalue weighted by molar-refractivity contribution is 6.31. The van der Waals surface area contributed by atoms with Gasteiger partial charge in [0.25, 0.3) is 0 Å². The Hall–Kier alpha value is -0.340. The fraction of sp³-hybridized carbons (Fsp3) is 0. The van der Waals surface area contributed by atoms with E-state index in [-0.39, 0.29) is 0 Å². The first-order chi connectivity index (χ1) is 4.20. The summed E-state index contributed by atoms with van der Waals surface area (Å²) in [5.41, 5.74) is 0.594. The number of rotatable bonds is 0. The molecule has 4 heteroatoms. The van der Waals surface area contributed by atoms with E-state index in [9.17, 15) is 0 Å². The first kappa shape index (κ1) is 6.78. The van der Waals surface area contributed by atoms with Gasteiger partial charge in [0, 0.05) is 0 Å². The van der Waals surface area contributed by atoms with Crippen molar-refractivity contribution in [1.29, 1.82) is 0 Å². The molecule has 1 heterocycles. The highest BCUT2D eigenvalue weighted by Crippen LogP contribution is 2.12. The maximum atomic E-state index is 5.49. The number of halogens is 2. The molecule has 1 radical (unpaired) electrons. The molecule has 1 rings (SSSR count). The van der Waals surface area contributed by atoms with Crippen LogP contribution < -0.4 is 0 Å². The van der Waals surface area contributed by atoms with Gasteiger partial charge in [0.1, 0.15) is 0 Å². The van der Waals surface area contributed by atoms with Crippen molar-refractivity contribution in [3.05, 3.63) is 28.9 Å². The number of hydrogen-bond donors (Lipinski definition) is 0. The molecule has 0 saturated heterocycles. The van der Waals surface area contributed by atoms with Crippen molar-refractivity contribution >= 4 is 23.2 Å².